The molecule has 39 heavy (non-hydrogen) atoms. The van der Waals surface area contributed by atoms with E-state index >= 15 is 0 Å². The molecule has 0 spiro atoms. The molecule has 3 unspecified atom stereocenters. The lowest BCUT2D eigenvalue weighted by Crippen LogP contribution is -2.20. The molecule has 4 aromatic rings. The number of hydrogen-bond acceptors (Lipinski definition) is 8. The van der Waals surface area contributed by atoms with E-state index in [4.69, 9.17) is 37.5 Å². The summed E-state index contributed by atoms with van der Waals surface area (Å²) in [6.07, 6.45) is 7.64. The van der Waals surface area contributed by atoms with E-state index in [1.54, 1.807) is 22.9 Å². The Hall–Kier alpha value is -3.25. The van der Waals surface area contributed by atoms with Crippen molar-refractivity contribution in [3.63, 3.8) is 0 Å². The molecule has 3 atom stereocenters. The number of pyridine rings is 2. The predicted molar refractivity (Wildman–Crippen MR) is 149 cm³/mol. The zero-order valence-electron chi connectivity index (χ0n) is 21.2. The van der Waals surface area contributed by atoms with Crippen molar-refractivity contribution in [3.05, 3.63) is 70.2 Å². The van der Waals surface area contributed by atoms with Crippen molar-refractivity contribution in [2.24, 2.45) is 0 Å². The largest absolute Gasteiger partial charge is 0.486 e. The SMILES string of the molecule is CC(Oc1ccc2c(c1)c(C(=O)Nc1ccc(S(C)(=N)=O)nc1)nn2C1CCCCO1)c1c(Cl)cncc1Cl. The fourth-order valence-electron chi connectivity index (χ4n) is 4.44. The maximum absolute atomic E-state index is 13.4. The third kappa shape index (κ3) is 5.86. The summed E-state index contributed by atoms with van der Waals surface area (Å²) >= 11 is 12.6. The van der Waals surface area contributed by atoms with Crippen LogP contribution in [-0.4, -0.2) is 42.7 Å². The second-order valence-corrected chi connectivity index (χ2v) is 12.2. The lowest BCUT2D eigenvalue weighted by Gasteiger charge is -2.23. The van der Waals surface area contributed by atoms with Crippen molar-refractivity contribution in [3.8, 4) is 5.75 Å². The van der Waals surface area contributed by atoms with Gasteiger partial charge in [0.15, 0.2) is 11.9 Å². The molecule has 4 heterocycles. The molecule has 13 heteroatoms. The van der Waals surface area contributed by atoms with Crippen LogP contribution in [-0.2, 0) is 14.5 Å². The van der Waals surface area contributed by atoms with Gasteiger partial charge in [-0.05, 0) is 56.5 Å². The number of aromatic nitrogens is 4. The van der Waals surface area contributed by atoms with Gasteiger partial charge >= 0.3 is 0 Å². The first-order valence-corrected chi connectivity index (χ1v) is 14.9. The molecule has 1 aliphatic heterocycles. The van der Waals surface area contributed by atoms with E-state index in [-0.39, 0.29) is 16.9 Å². The second-order valence-electron chi connectivity index (χ2n) is 9.25. The van der Waals surface area contributed by atoms with Crippen LogP contribution >= 0.6 is 23.2 Å². The topological polar surface area (TPSA) is 132 Å². The number of ether oxygens (including phenoxy) is 2. The third-order valence-electron chi connectivity index (χ3n) is 6.32. The van der Waals surface area contributed by atoms with E-state index in [2.05, 4.69) is 20.4 Å². The van der Waals surface area contributed by atoms with Gasteiger partial charge in [0.05, 0.1) is 37.2 Å². The highest BCUT2D eigenvalue weighted by Crippen LogP contribution is 2.35. The summed E-state index contributed by atoms with van der Waals surface area (Å²) in [5.41, 5.74) is 1.89. The summed E-state index contributed by atoms with van der Waals surface area (Å²) < 4.78 is 33.5. The third-order valence-corrected chi connectivity index (χ3v) is 7.97. The molecule has 2 N–H and O–H groups in total. The number of anilines is 1. The number of rotatable bonds is 7. The number of carbonyl (C=O) groups is 1. The lowest BCUT2D eigenvalue weighted by molar-refractivity contribution is -0.0367. The van der Waals surface area contributed by atoms with Crippen molar-refractivity contribution in [1.29, 1.82) is 4.78 Å². The first kappa shape index (κ1) is 27.3. The van der Waals surface area contributed by atoms with Crippen LogP contribution in [0.25, 0.3) is 10.9 Å². The molecule has 1 aliphatic rings. The molecule has 10 nitrogen and oxygen atoms in total. The molecule has 204 valence electrons. The first-order valence-electron chi connectivity index (χ1n) is 12.2. The quantitative estimate of drug-likeness (QED) is 0.260. The van der Waals surface area contributed by atoms with Crippen molar-refractivity contribution < 1.29 is 18.5 Å². The highest BCUT2D eigenvalue weighted by molar-refractivity contribution is 7.91. The van der Waals surface area contributed by atoms with Crippen LogP contribution < -0.4 is 10.1 Å². The minimum atomic E-state index is -2.97. The second kappa shape index (κ2) is 11.1. The molecule has 1 fully saturated rings. The van der Waals surface area contributed by atoms with Crippen LogP contribution in [0.2, 0.25) is 10.0 Å². The van der Waals surface area contributed by atoms with Crippen LogP contribution in [0, 0.1) is 4.78 Å². The van der Waals surface area contributed by atoms with E-state index in [1.165, 1.54) is 30.9 Å². The van der Waals surface area contributed by atoms with E-state index in [1.807, 2.05) is 13.0 Å². The monoisotopic (exact) mass is 588 g/mol. The molecule has 1 amide bonds. The minimum absolute atomic E-state index is 0.134. The van der Waals surface area contributed by atoms with Crippen LogP contribution in [0.4, 0.5) is 5.69 Å². The summed E-state index contributed by atoms with van der Waals surface area (Å²) in [4.78, 5) is 21.5. The normalized spacial score (nSPS) is 17.9. The Bertz CT molecular complexity index is 1620. The van der Waals surface area contributed by atoms with Gasteiger partial charge in [-0.1, -0.05) is 23.2 Å². The maximum atomic E-state index is 13.4. The van der Waals surface area contributed by atoms with Gasteiger partial charge in [0, 0.05) is 36.2 Å². The van der Waals surface area contributed by atoms with Gasteiger partial charge in [-0.15, -0.1) is 0 Å². The zero-order valence-corrected chi connectivity index (χ0v) is 23.5. The number of benzene rings is 1. The number of amides is 1. The molecule has 0 radical (unpaired) electrons. The number of nitrogens with zero attached hydrogens (tertiary/aromatic N) is 4. The summed E-state index contributed by atoms with van der Waals surface area (Å²) in [6, 6.07) is 8.41. The smallest absolute Gasteiger partial charge is 0.276 e. The van der Waals surface area contributed by atoms with Gasteiger partial charge < -0.3 is 14.8 Å². The Labute approximate surface area is 235 Å². The number of hydrogen-bond donors (Lipinski definition) is 2. The number of nitrogens with one attached hydrogen (secondary N) is 2. The van der Waals surface area contributed by atoms with Crippen LogP contribution in [0.5, 0.6) is 5.75 Å². The molecular formula is C26H26Cl2N6O4S. The molecule has 0 aliphatic carbocycles. The molecule has 5 rings (SSSR count). The Morgan fingerprint density at radius 3 is 2.62 bits per heavy atom. The average molecular weight is 590 g/mol. The van der Waals surface area contributed by atoms with Gasteiger partial charge in [0.2, 0.25) is 0 Å². The Morgan fingerprint density at radius 1 is 1.21 bits per heavy atom. The highest BCUT2D eigenvalue weighted by atomic mass is 35.5. The van der Waals surface area contributed by atoms with Gasteiger partial charge in [-0.3, -0.25) is 9.78 Å². The average Bonchev–Trinajstić information content (AvgIpc) is 3.28. The highest BCUT2D eigenvalue weighted by Gasteiger charge is 2.25. The van der Waals surface area contributed by atoms with E-state index in [0.29, 0.717) is 39.0 Å². The summed E-state index contributed by atoms with van der Waals surface area (Å²) in [5.74, 6) is 0.0360. The predicted octanol–water partition coefficient (Wildman–Crippen LogP) is 6.26. The van der Waals surface area contributed by atoms with Crippen molar-refractivity contribution in [2.75, 3.05) is 18.2 Å². The van der Waals surface area contributed by atoms with E-state index in [0.717, 1.165) is 24.8 Å². The molecule has 1 saturated heterocycles. The first-order chi connectivity index (χ1) is 18.6. The van der Waals surface area contributed by atoms with E-state index in [9.17, 15) is 9.00 Å². The molecule has 0 bridgehead atoms. The fourth-order valence-corrected chi connectivity index (χ4v) is 5.70. The lowest BCUT2D eigenvalue weighted by atomic mass is 10.1. The Morgan fingerprint density at radius 2 is 1.97 bits per heavy atom. The number of carbonyl (C=O) groups excluding carboxylic acids is 1. The summed E-state index contributed by atoms with van der Waals surface area (Å²) in [5, 5.41) is 8.93. The summed E-state index contributed by atoms with van der Waals surface area (Å²) in [7, 11) is -2.97. The molecule has 0 saturated carbocycles. The van der Waals surface area contributed by atoms with Crippen LogP contribution in [0.15, 0.2) is 53.9 Å². The van der Waals surface area contributed by atoms with Crippen molar-refractivity contribution in [1.82, 2.24) is 19.7 Å². The van der Waals surface area contributed by atoms with Gasteiger partial charge in [0.1, 0.15) is 16.9 Å². The van der Waals surface area contributed by atoms with Crippen molar-refractivity contribution >= 4 is 55.4 Å². The maximum Gasteiger partial charge on any atom is 0.276 e. The van der Waals surface area contributed by atoms with Crippen LogP contribution in [0.3, 0.4) is 0 Å². The fraction of sp³-hybridized carbons (Fsp3) is 0.308. The van der Waals surface area contributed by atoms with Gasteiger partial charge in [-0.2, -0.15) is 5.10 Å². The zero-order chi connectivity index (χ0) is 27.7. The Kier molecular flexibility index (Phi) is 7.77. The standard InChI is InChI=1S/C26H26Cl2N6O4S/c1-15(24-19(27)13-30-14-20(24)28)38-17-7-8-21-18(11-17)25(33-34(21)23-5-3-4-10-37-23)26(35)32-16-6-9-22(31-12-16)39(2,29)36/h6-9,11-15,23,29H,3-5,10H2,1-2H3,(H,32,35). The Balaban J connectivity index is 1.49. The molecular weight excluding hydrogens is 563 g/mol. The minimum Gasteiger partial charge on any atom is -0.486 e. The van der Waals surface area contributed by atoms with Gasteiger partial charge in [0.25, 0.3) is 5.91 Å². The van der Waals surface area contributed by atoms with Crippen molar-refractivity contribution in [2.45, 2.75) is 43.5 Å². The van der Waals surface area contributed by atoms with E-state index < -0.39 is 21.7 Å². The number of fused-ring (bicyclic) bond motifs is 1. The summed E-state index contributed by atoms with van der Waals surface area (Å²) in [6.45, 7) is 2.45. The van der Waals surface area contributed by atoms with Gasteiger partial charge in [-0.25, -0.2) is 18.7 Å². The van der Waals surface area contributed by atoms with Crippen LogP contribution in [0.1, 0.15) is 54.6 Å². The number of halogens is 2. The molecule has 3 aromatic heterocycles. The molecule has 1 aromatic carbocycles.